The topological polar surface area (TPSA) is 71.5 Å². The van der Waals surface area contributed by atoms with Crippen LogP contribution in [-0.2, 0) is 9.53 Å². The van der Waals surface area contributed by atoms with Crippen LogP contribution in [0.5, 0.6) is 0 Å². The van der Waals surface area contributed by atoms with Crippen molar-refractivity contribution in [3.8, 4) is 0 Å². The Morgan fingerprint density at radius 2 is 2.04 bits per heavy atom. The average molecular weight is 357 g/mol. The number of aromatic nitrogens is 1. The van der Waals surface area contributed by atoms with Gasteiger partial charge in [0.25, 0.3) is 5.91 Å². The summed E-state index contributed by atoms with van der Waals surface area (Å²) in [5, 5.41) is 5.61. The van der Waals surface area contributed by atoms with Crippen LogP contribution >= 0.6 is 11.3 Å². The summed E-state index contributed by atoms with van der Waals surface area (Å²) in [6.07, 6.45) is 3.08. The molecule has 1 aliphatic rings. The van der Waals surface area contributed by atoms with Crippen LogP contribution in [0.4, 0.5) is 5.69 Å². The van der Waals surface area contributed by atoms with Gasteiger partial charge < -0.3 is 15.0 Å². The van der Waals surface area contributed by atoms with E-state index in [9.17, 15) is 9.59 Å². The number of hydrogen-bond donors (Lipinski definition) is 1. The first kappa shape index (κ1) is 17.3. The molecule has 1 saturated heterocycles. The molecular weight excluding hydrogens is 338 g/mol. The second-order valence-corrected chi connectivity index (χ2v) is 6.63. The van der Waals surface area contributed by atoms with Crippen LogP contribution in [0.15, 0.2) is 35.7 Å². The molecule has 0 radical (unpaired) electrons. The lowest BCUT2D eigenvalue weighted by atomic mass is 10.1. The number of nitrogens with one attached hydrogen (secondary N) is 1. The standard InChI is InChI=1S/C18H19N3O3S/c1-13-19-14(12-25-13)6-7-17(22)20-16-5-3-2-4-15(16)18(23)21-8-10-24-11-9-21/h2-7,12H,8-11H2,1H3,(H,20,22)/b7-6+. The Hall–Kier alpha value is -2.51. The van der Waals surface area contributed by atoms with E-state index < -0.39 is 0 Å². The molecule has 1 aromatic carbocycles. The molecule has 130 valence electrons. The molecule has 1 N–H and O–H groups in total. The van der Waals surface area contributed by atoms with Gasteiger partial charge in [-0.2, -0.15) is 0 Å². The molecule has 7 heteroatoms. The third-order valence-electron chi connectivity index (χ3n) is 3.76. The maximum Gasteiger partial charge on any atom is 0.256 e. The first-order valence-electron chi connectivity index (χ1n) is 8.01. The van der Waals surface area contributed by atoms with Crippen molar-refractivity contribution in [1.29, 1.82) is 0 Å². The fourth-order valence-electron chi connectivity index (χ4n) is 2.51. The Bertz CT molecular complexity index is 794. The van der Waals surface area contributed by atoms with Crippen molar-refractivity contribution in [2.75, 3.05) is 31.6 Å². The van der Waals surface area contributed by atoms with E-state index in [1.54, 1.807) is 35.2 Å². The highest BCUT2D eigenvalue weighted by Crippen LogP contribution is 2.18. The zero-order chi connectivity index (χ0) is 17.6. The minimum absolute atomic E-state index is 0.0988. The van der Waals surface area contributed by atoms with Crippen molar-refractivity contribution >= 4 is 34.9 Å². The van der Waals surface area contributed by atoms with Crippen molar-refractivity contribution in [2.24, 2.45) is 0 Å². The molecule has 6 nitrogen and oxygen atoms in total. The van der Waals surface area contributed by atoms with E-state index in [-0.39, 0.29) is 11.8 Å². The highest BCUT2D eigenvalue weighted by Gasteiger charge is 2.21. The van der Waals surface area contributed by atoms with Gasteiger partial charge >= 0.3 is 0 Å². The normalized spacial score (nSPS) is 14.7. The van der Waals surface area contributed by atoms with E-state index >= 15 is 0 Å². The highest BCUT2D eigenvalue weighted by molar-refractivity contribution is 7.09. The second kappa shape index (κ2) is 8.04. The molecule has 2 heterocycles. The average Bonchev–Trinajstić information content (AvgIpc) is 3.06. The molecule has 0 bridgehead atoms. The molecule has 1 aromatic heterocycles. The number of morpholine rings is 1. The molecule has 0 aliphatic carbocycles. The minimum atomic E-state index is -0.298. The zero-order valence-electron chi connectivity index (χ0n) is 13.9. The Kier molecular flexibility index (Phi) is 5.57. The van der Waals surface area contributed by atoms with Crippen LogP contribution in [0, 0.1) is 6.92 Å². The van der Waals surface area contributed by atoms with E-state index in [4.69, 9.17) is 4.74 Å². The van der Waals surface area contributed by atoms with Gasteiger partial charge in [0.15, 0.2) is 0 Å². The summed E-state index contributed by atoms with van der Waals surface area (Å²) < 4.78 is 5.28. The number of thiazole rings is 1. The Balaban J connectivity index is 1.70. The monoisotopic (exact) mass is 357 g/mol. The van der Waals surface area contributed by atoms with Gasteiger partial charge in [-0.1, -0.05) is 12.1 Å². The van der Waals surface area contributed by atoms with Crippen LogP contribution in [0.2, 0.25) is 0 Å². The molecule has 2 aromatic rings. The van der Waals surface area contributed by atoms with Gasteiger partial charge in [-0.25, -0.2) is 4.98 Å². The lowest BCUT2D eigenvalue weighted by Crippen LogP contribution is -2.41. The van der Waals surface area contributed by atoms with Crippen molar-refractivity contribution in [1.82, 2.24) is 9.88 Å². The van der Waals surface area contributed by atoms with E-state index in [0.717, 1.165) is 10.7 Å². The van der Waals surface area contributed by atoms with Gasteiger partial charge in [-0.3, -0.25) is 9.59 Å². The zero-order valence-corrected chi connectivity index (χ0v) is 14.7. The van der Waals surface area contributed by atoms with Gasteiger partial charge in [0.2, 0.25) is 5.91 Å². The minimum Gasteiger partial charge on any atom is -0.378 e. The van der Waals surface area contributed by atoms with Crippen molar-refractivity contribution in [2.45, 2.75) is 6.92 Å². The number of ether oxygens (including phenoxy) is 1. The van der Waals surface area contributed by atoms with E-state index in [1.165, 1.54) is 17.4 Å². The number of nitrogens with zero attached hydrogens (tertiary/aromatic N) is 2. The number of aryl methyl sites for hydroxylation is 1. The molecular formula is C18H19N3O3S. The second-order valence-electron chi connectivity index (χ2n) is 5.56. The van der Waals surface area contributed by atoms with Crippen LogP contribution in [0.25, 0.3) is 6.08 Å². The summed E-state index contributed by atoms with van der Waals surface area (Å²) in [6.45, 7) is 4.11. The van der Waals surface area contributed by atoms with Crippen molar-refractivity contribution < 1.29 is 14.3 Å². The van der Waals surface area contributed by atoms with E-state index in [2.05, 4.69) is 10.3 Å². The number of para-hydroxylation sites is 1. The summed E-state index contributed by atoms with van der Waals surface area (Å²) in [4.78, 5) is 30.9. The Morgan fingerprint density at radius 1 is 1.28 bits per heavy atom. The summed E-state index contributed by atoms with van der Waals surface area (Å²) in [5.74, 6) is -0.397. The third-order valence-corrected chi connectivity index (χ3v) is 4.55. The van der Waals surface area contributed by atoms with Crippen LogP contribution in [0.3, 0.4) is 0 Å². The third kappa shape index (κ3) is 4.52. The Labute approximate surface area is 150 Å². The molecule has 1 fully saturated rings. The predicted molar refractivity (Wildman–Crippen MR) is 97.7 cm³/mol. The molecule has 25 heavy (non-hydrogen) atoms. The number of carbonyl (C=O) groups is 2. The first-order chi connectivity index (χ1) is 12.1. The highest BCUT2D eigenvalue weighted by atomic mass is 32.1. The SMILES string of the molecule is Cc1nc(/C=C/C(=O)Nc2ccccc2C(=O)N2CCOCC2)cs1. The van der Waals surface area contributed by atoms with Gasteiger partial charge in [-0.05, 0) is 25.1 Å². The number of rotatable bonds is 4. The number of anilines is 1. The first-order valence-corrected chi connectivity index (χ1v) is 8.89. The van der Waals surface area contributed by atoms with Crippen LogP contribution in [0.1, 0.15) is 21.1 Å². The summed E-state index contributed by atoms with van der Waals surface area (Å²) >= 11 is 1.53. The molecule has 2 amide bonds. The Morgan fingerprint density at radius 3 is 2.76 bits per heavy atom. The van der Waals surface area contributed by atoms with Crippen molar-refractivity contribution in [3.63, 3.8) is 0 Å². The largest absolute Gasteiger partial charge is 0.378 e. The maximum atomic E-state index is 12.7. The fraction of sp³-hybridized carbons (Fsp3) is 0.278. The molecule has 1 aliphatic heterocycles. The summed E-state index contributed by atoms with van der Waals surface area (Å²) in [5.41, 5.74) is 1.73. The van der Waals surface area contributed by atoms with E-state index in [0.29, 0.717) is 37.6 Å². The lowest BCUT2D eigenvalue weighted by Gasteiger charge is -2.27. The maximum absolute atomic E-state index is 12.7. The molecule has 0 spiro atoms. The summed E-state index contributed by atoms with van der Waals surface area (Å²) in [7, 11) is 0. The van der Waals surface area contributed by atoms with Crippen molar-refractivity contribution in [3.05, 3.63) is 52.0 Å². The van der Waals surface area contributed by atoms with Gasteiger partial charge in [0.1, 0.15) is 0 Å². The number of benzene rings is 1. The molecule has 0 atom stereocenters. The van der Waals surface area contributed by atoms with Gasteiger partial charge in [0, 0.05) is 24.5 Å². The molecule has 0 unspecified atom stereocenters. The number of amides is 2. The van der Waals surface area contributed by atoms with Gasteiger partial charge in [0.05, 0.1) is 35.2 Å². The molecule has 3 rings (SSSR count). The fourth-order valence-corrected chi connectivity index (χ4v) is 3.09. The molecule has 0 saturated carbocycles. The number of carbonyl (C=O) groups excluding carboxylic acids is 2. The predicted octanol–water partition coefficient (Wildman–Crippen LogP) is 2.58. The number of hydrogen-bond acceptors (Lipinski definition) is 5. The van der Waals surface area contributed by atoms with Gasteiger partial charge in [-0.15, -0.1) is 11.3 Å². The van der Waals surface area contributed by atoms with E-state index in [1.807, 2.05) is 12.3 Å². The smallest absolute Gasteiger partial charge is 0.256 e. The quantitative estimate of drug-likeness (QED) is 0.854. The van der Waals surface area contributed by atoms with Crippen LogP contribution < -0.4 is 5.32 Å². The van der Waals surface area contributed by atoms with Crippen LogP contribution in [-0.4, -0.2) is 48.0 Å². The lowest BCUT2D eigenvalue weighted by molar-refractivity contribution is -0.111. The summed E-state index contributed by atoms with van der Waals surface area (Å²) in [6, 6.07) is 7.03.